The summed E-state index contributed by atoms with van der Waals surface area (Å²) in [5, 5.41) is 17.5. The summed E-state index contributed by atoms with van der Waals surface area (Å²) in [6.45, 7) is 2.64. The van der Waals surface area contributed by atoms with Crippen molar-refractivity contribution in [2.45, 2.75) is 24.8 Å². The van der Waals surface area contributed by atoms with Crippen molar-refractivity contribution in [1.29, 1.82) is 5.26 Å². The Morgan fingerprint density at radius 2 is 1.73 bits per heavy atom. The molecule has 3 heterocycles. The summed E-state index contributed by atoms with van der Waals surface area (Å²) in [6.07, 6.45) is 1.58. The van der Waals surface area contributed by atoms with Crippen molar-refractivity contribution in [2.24, 2.45) is 5.73 Å². The van der Waals surface area contributed by atoms with E-state index in [1.807, 2.05) is 36.4 Å². The molecule has 3 aromatic rings. The van der Waals surface area contributed by atoms with E-state index in [4.69, 9.17) is 10.5 Å². The zero-order chi connectivity index (χ0) is 20.6. The van der Waals surface area contributed by atoms with Crippen LogP contribution in [-0.4, -0.2) is 28.2 Å². The molecule has 1 aromatic heterocycles. The van der Waals surface area contributed by atoms with Crippen LogP contribution in [0.4, 0.5) is 0 Å². The third-order valence-corrected chi connectivity index (χ3v) is 6.28. The highest BCUT2D eigenvalue weighted by Crippen LogP contribution is 2.51. The van der Waals surface area contributed by atoms with E-state index < -0.39 is 5.41 Å². The highest BCUT2D eigenvalue weighted by Gasteiger charge is 2.49. The number of aromatic amines is 1. The molecule has 2 aromatic carbocycles. The van der Waals surface area contributed by atoms with Crippen LogP contribution in [0.1, 0.15) is 24.0 Å². The Labute approximate surface area is 175 Å². The molecule has 0 unspecified atom stereocenters. The number of rotatable bonds is 3. The zero-order valence-corrected chi connectivity index (χ0v) is 16.6. The summed E-state index contributed by atoms with van der Waals surface area (Å²) < 4.78 is 5.77. The zero-order valence-electron chi connectivity index (χ0n) is 16.6. The fraction of sp³-hybridized carbons (Fsp3) is 0.250. The van der Waals surface area contributed by atoms with Crippen LogP contribution in [0, 0.1) is 11.3 Å². The molecule has 0 atom stereocenters. The number of nitrogens with one attached hydrogen (secondary N) is 1. The second kappa shape index (κ2) is 7.36. The van der Waals surface area contributed by atoms with E-state index in [1.165, 1.54) is 5.56 Å². The smallest absolute Gasteiger partial charge is 0.244 e. The second-order valence-corrected chi connectivity index (χ2v) is 7.94. The summed E-state index contributed by atoms with van der Waals surface area (Å²) in [5.41, 5.74) is 10.4. The van der Waals surface area contributed by atoms with Gasteiger partial charge in [0, 0.05) is 12.0 Å². The molecule has 2 aliphatic rings. The summed E-state index contributed by atoms with van der Waals surface area (Å²) in [5.74, 6) is 0.662. The van der Waals surface area contributed by atoms with Gasteiger partial charge in [-0.25, -0.2) is 0 Å². The SMILES string of the molecule is N#CC1=C(N)Oc2n[nH]c(-c3ccccc3)c2C12CCN(Cc1ccccc1)CC2. The third kappa shape index (κ3) is 2.95. The van der Waals surface area contributed by atoms with Crippen molar-refractivity contribution in [1.82, 2.24) is 15.1 Å². The van der Waals surface area contributed by atoms with E-state index in [9.17, 15) is 5.26 Å². The molecule has 0 radical (unpaired) electrons. The molecule has 1 saturated heterocycles. The minimum Gasteiger partial charge on any atom is -0.420 e. The molecule has 5 rings (SSSR count). The number of aromatic nitrogens is 2. The molecule has 150 valence electrons. The first-order valence-electron chi connectivity index (χ1n) is 10.2. The lowest BCUT2D eigenvalue weighted by molar-refractivity contribution is 0.163. The van der Waals surface area contributed by atoms with Gasteiger partial charge in [0.25, 0.3) is 0 Å². The number of nitrogens with two attached hydrogens (primary N) is 1. The summed E-state index contributed by atoms with van der Waals surface area (Å²) >= 11 is 0. The number of fused-ring (bicyclic) bond motifs is 2. The van der Waals surface area contributed by atoms with Crippen LogP contribution in [0.2, 0.25) is 0 Å². The summed E-state index contributed by atoms with van der Waals surface area (Å²) in [6, 6.07) is 22.9. The van der Waals surface area contributed by atoms with Crippen LogP contribution in [0.15, 0.2) is 72.1 Å². The maximum absolute atomic E-state index is 9.99. The van der Waals surface area contributed by atoms with Crippen molar-refractivity contribution < 1.29 is 4.74 Å². The molecule has 30 heavy (non-hydrogen) atoms. The maximum atomic E-state index is 9.99. The monoisotopic (exact) mass is 397 g/mol. The Morgan fingerprint density at radius 3 is 2.40 bits per heavy atom. The van der Waals surface area contributed by atoms with Crippen LogP contribution in [-0.2, 0) is 12.0 Å². The number of ether oxygens (including phenoxy) is 1. The molecule has 0 bridgehead atoms. The molecule has 3 N–H and O–H groups in total. The predicted molar refractivity (Wildman–Crippen MR) is 114 cm³/mol. The van der Waals surface area contributed by atoms with Gasteiger partial charge in [-0.2, -0.15) is 5.26 Å². The molecule has 0 aliphatic carbocycles. The lowest BCUT2D eigenvalue weighted by Gasteiger charge is -2.43. The van der Waals surface area contributed by atoms with E-state index in [2.05, 4.69) is 45.4 Å². The number of piperidine rings is 1. The van der Waals surface area contributed by atoms with Crippen LogP contribution in [0.3, 0.4) is 0 Å². The molecule has 0 saturated carbocycles. The fourth-order valence-corrected chi connectivity index (χ4v) is 4.77. The highest BCUT2D eigenvalue weighted by atomic mass is 16.5. The van der Waals surface area contributed by atoms with Gasteiger partial charge in [0.1, 0.15) is 11.6 Å². The number of H-pyrrole nitrogens is 1. The number of hydrogen-bond donors (Lipinski definition) is 2. The van der Waals surface area contributed by atoms with Crippen LogP contribution < -0.4 is 10.5 Å². The second-order valence-electron chi connectivity index (χ2n) is 7.94. The van der Waals surface area contributed by atoms with E-state index in [0.29, 0.717) is 11.5 Å². The largest absolute Gasteiger partial charge is 0.420 e. The number of nitrogens with zero attached hydrogens (tertiary/aromatic N) is 3. The van der Waals surface area contributed by atoms with Crippen LogP contribution in [0.5, 0.6) is 5.88 Å². The Balaban J connectivity index is 1.52. The summed E-state index contributed by atoms with van der Waals surface area (Å²) in [7, 11) is 0. The number of allylic oxidation sites excluding steroid dienone is 1. The number of likely N-dealkylation sites (tertiary alicyclic amines) is 1. The summed E-state index contributed by atoms with van der Waals surface area (Å²) in [4.78, 5) is 2.43. The molecular formula is C24H23N5O. The first-order valence-corrected chi connectivity index (χ1v) is 10.2. The Bertz CT molecular complexity index is 1120. The number of hydrogen-bond acceptors (Lipinski definition) is 5. The molecule has 6 nitrogen and oxygen atoms in total. The average molecular weight is 397 g/mol. The van der Waals surface area contributed by atoms with Gasteiger partial charge in [-0.15, -0.1) is 5.10 Å². The predicted octanol–water partition coefficient (Wildman–Crippen LogP) is 3.70. The van der Waals surface area contributed by atoms with Gasteiger partial charge in [-0.05, 0) is 37.1 Å². The minimum atomic E-state index is -0.488. The van der Waals surface area contributed by atoms with Crippen molar-refractivity contribution in [3.8, 4) is 23.2 Å². The lowest BCUT2D eigenvalue weighted by atomic mass is 9.66. The average Bonchev–Trinajstić information content (AvgIpc) is 3.21. The molecule has 1 spiro atoms. The van der Waals surface area contributed by atoms with E-state index in [1.54, 1.807) is 0 Å². The highest BCUT2D eigenvalue weighted by molar-refractivity contribution is 5.71. The van der Waals surface area contributed by atoms with Gasteiger partial charge >= 0.3 is 0 Å². The van der Waals surface area contributed by atoms with Gasteiger partial charge < -0.3 is 10.5 Å². The Morgan fingerprint density at radius 1 is 1.07 bits per heavy atom. The van der Waals surface area contributed by atoms with Crippen molar-refractivity contribution in [2.75, 3.05) is 13.1 Å². The van der Waals surface area contributed by atoms with Gasteiger partial charge in [0.2, 0.25) is 11.8 Å². The Hall–Kier alpha value is -3.56. The first kappa shape index (κ1) is 18.5. The standard InChI is InChI=1S/C24H23N5O/c25-15-19-22(26)30-23-20(21(27-28-23)18-9-5-2-6-10-18)24(19)11-13-29(14-12-24)16-17-7-3-1-4-8-17/h1-10H,11-14,16,26H2,(H,27,28). The minimum absolute atomic E-state index is 0.174. The molecule has 6 heteroatoms. The van der Waals surface area contributed by atoms with Gasteiger partial charge in [0.05, 0.1) is 11.3 Å². The van der Waals surface area contributed by atoms with E-state index in [0.717, 1.165) is 49.3 Å². The fourth-order valence-electron chi connectivity index (χ4n) is 4.77. The Kier molecular flexibility index (Phi) is 4.53. The number of nitriles is 1. The molecule has 2 aliphatic heterocycles. The van der Waals surface area contributed by atoms with E-state index in [-0.39, 0.29) is 5.88 Å². The van der Waals surface area contributed by atoms with Crippen molar-refractivity contribution >= 4 is 0 Å². The molecule has 0 amide bonds. The topological polar surface area (TPSA) is 91.0 Å². The van der Waals surface area contributed by atoms with Crippen LogP contribution in [0.25, 0.3) is 11.3 Å². The normalized spacial score (nSPS) is 18.0. The van der Waals surface area contributed by atoms with Gasteiger partial charge in [0.15, 0.2) is 0 Å². The third-order valence-electron chi connectivity index (χ3n) is 6.28. The van der Waals surface area contributed by atoms with Crippen molar-refractivity contribution in [3.63, 3.8) is 0 Å². The molecular weight excluding hydrogens is 374 g/mol. The van der Waals surface area contributed by atoms with Gasteiger partial charge in [-0.1, -0.05) is 60.7 Å². The van der Waals surface area contributed by atoms with Crippen LogP contribution >= 0.6 is 0 Å². The van der Waals surface area contributed by atoms with E-state index >= 15 is 0 Å². The molecule has 1 fully saturated rings. The number of benzene rings is 2. The first-order chi connectivity index (χ1) is 14.7. The van der Waals surface area contributed by atoms with Gasteiger partial charge in [-0.3, -0.25) is 10.00 Å². The van der Waals surface area contributed by atoms with Crippen molar-refractivity contribution in [3.05, 3.63) is 83.2 Å². The quantitative estimate of drug-likeness (QED) is 0.703. The lowest BCUT2D eigenvalue weighted by Crippen LogP contribution is -2.46. The maximum Gasteiger partial charge on any atom is 0.244 e.